The number of unbranched alkanes of at least 4 members (excludes halogenated alkanes) is 1. The molecule has 0 atom stereocenters. The summed E-state index contributed by atoms with van der Waals surface area (Å²) in [5.41, 5.74) is 2.55. The molecule has 0 aliphatic rings. The molecule has 1 heterocycles. The molecule has 0 saturated heterocycles. The lowest BCUT2D eigenvalue weighted by Gasteiger charge is -2.07. The second kappa shape index (κ2) is 11.2. The number of amides is 1. The van der Waals surface area contributed by atoms with Crippen molar-refractivity contribution >= 4 is 28.5 Å². The highest BCUT2D eigenvalue weighted by atomic mass is 32.1. The third-order valence-electron chi connectivity index (χ3n) is 4.51. The Bertz CT molecular complexity index is 1030. The Morgan fingerprint density at radius 1 is 1.10 bits per heavy atom. The van der Waals surface area contributed by atoms with Crippen LogP contribution in [0.4, 0.5) is 5.13 Å². The van der Waals surface area contributed by atoms with Crippen molar-refractivity contribution in [3.63, 3.8) is 0 Å². The van der Waals surface area contributed by atoms with Crippen LogP contribution in [0.15, 0.2) is 53.9 Å². The van der Waals surface area contributed by atoms with Gasteiger partial charge >= 0.3 is 0 Å². The number of nitrogens with one attached hydrogen (secondary N) is 1. The number of rotatable bonds is 10. The Kier molecular flexibility index (Phi) is 8.06. The maximum absolute atomic E-state index is 12.3. The molecule has 0 bridgehead atoms. The number of thiazole rings is 1. The number of hydrogen-bond acceptors (Lipinski definition) is 6. The Morgan fingerprint density at radius 2 is 1.87 bits per heavy atom. The van der Waals surface area contributed by atoms with Crippen molar-refractivity contribution in [2.75, 3.05) is 26.1 Å². The molecular formula is C24H26N2O4S. The van der Waals surface area contributed by atoms with E-state index in [-0.39, 0.29) is 5.91 Å². The number of nitrogens with zero attached hydrogens (tertiary/aromatic N) is 1. The first-order valence-electron chi connectivity index (χ1n) is 10.0. The molecule has 162 valence electrons. The molecule has 3 aromatic rings. The van der Waals surface area contributed by atoms with Crippen LogP contribution in [0.1, 0.15) is 25.3 Å². The summed E-state index contributed by atoms with van der Waals surface area (Å²) < 4.78 is 16.2. The number of hydrogen-bond donors (Lipinski definition) is 1. The summed E-state index contributed by atoms with van der Waals surface area (Å²) in [6, 6.07) is 13.2. The molecule has 0 aliphatic carbocycles. The van der Waals surface area contributed by atoms with Gasteiger partial charge in [0, 0.05) is 28.6 Å². The summed E-state index contributed by atoms with van der Waals surface area (Å²) in [5, 5.41) is 5.25. The van der Waals surface area contributed by atoms with E-state index in [4.69, 9.17) is 14.2 Å². The quantitative estimate of drug-likeness (QED) is 0.327. The average Bonchev–Trinajstić information content (AvgIpc) is 3.26. The van der Waals surface area contributed by atoms with E-state index < -0.39 is 0 Å². The zero-order valence-electron chi connectivity index (χ0n) is 17.9. The van der Waals surface area contributed by atoms with E-state index in [1.807, 2.05) is 41.8 Å². The van der Waals surface area contributed by atoms with Crippen molar-refractivity contribution in [1.82, 2.24) is 4.98 Å². The fourth-order valence-electron chi connectivity index (χ4n) is 2.79. The van der Waals surface area contributed by atoms with Gasteiger partial charge in [-0.25, -0.2) is 4.98 Å². The molecular weight excluding hydrogens is 412 g/mol. The van der Waals surface area contributed by atoms with Crippen LogP contribution in [0, 0.1) is 0 Å². The lowest BCUT2D eigenvalue weighted by molar-refractivity contribution is -0.111. The maximum atomic E-state index is 12.3. The smallest absolute Gasteiger partial charge is 0.250 e. The van der Waals surface area contributed by atoms with Crippen LogP contribution in [0.2, 0.25) is 0 Å². The van der Waals surface area contributed by atoms with Gasteiger partial charge in [-0.3, -0.25) is 10.1 Å². The predicted octanol–water partition coefficient (Wildman–Crippen LogP) is 5.66. The SMILES string of the molecule is CCCCOc1ccc(-c2csc(NC(=O)C=Cc3ccc(OC)cc3OC)n2)cc1. The Morgan fingerprint density at radius 3 is 2.58 bits per heavy atom. The second-order valence-electron chi connectivity index (χ2n) is 6.69. The van der Waals surface area contributed by atoms with E-state index in [9.17, 15) is 4.79 Å². The standard InChI is InChI=1S/C24H26N2O4S/c1-4-5-14-30-19-10-6-17(7-11-19)21-16-31-24(25-21)26-23(27)13-9-18-8-12-20(28-2)15-22(18)29-3/h6-13,15-16H,4-5,14H2,1-3H3,(H,25,26,27). The molecule has 1 amide bonds. The molecule has 31 heavy (non-hydrogen) atoms. The number of methoxy groups -OCH3 is 2. The van der Waals surface area contributed by atoms with Gasteiger partial charge in [0.15, 0.2) is 5.13 Å². The highest BCUT2D eigenvalue weighted by molar-refractivity contribution is 7.14. The minimum Gasteiger partial charge on any atom is -0.497 e. The number of carbonyl (C=O) groups is 1. The summed E-state index contributed by atoms with van der Waals surface area (Å²) in [5.74, 6) is 1.90. The Labute approximate surface area is 186 Å². The third kappa shape index (κ3) is 6.33. The Balaban J connectivity index is 1.60. The van der Waals surface area contributed by atoms with Crippen molar-refractivity contribution in [2.24, 2.45) is 0 Å². The largest absolute Gasteiger partial charge is 0.497 e. The number of benzene rings is 2. The van der Waals surface area contributed by atoms with Gasteiger partial charge in [0.1, 0.15) is 17.2 Å². The van der Waals surface area contributed by atoms with Crippen LogP contribution in [0.5, 0.6) is 17.2 Å². The van der Waals surface area contributed by atoms with Crippen LogP contribution < -0.4 is 19.5 Å². The lowest BCUT2D eigenvalue weighted by atomic mass is 10.1. The normalized spacial score (nSPS) is 10.8. The van der Waals surface area contributed by atoms with Crippen LogP contribution in [0.25, 0.3) is 17.3 Å². The Hall–Kier alpha value is -3.32. The van der Waals surface area contributed by atoms with Crippen molar-refractivity contribution in [3.05, 3.63) is 59.5 Å². The summed E-state index contributed by atoms with van der Waals surface area (Å²) >= 11 is 1.38. The molecule has 2 aromatic carbocycles. The van der Waals surface area contributed by atoms with E-state index >= 15 is 0 Å². The third-order valence-corrected chi connectivity index (χ3v) is 5.26. The topological polar surface area (TPSA) is 69.7 Å². The molecule has 0 radical (unpaired) electrons. The van der Waals surface area contributed by atoms with E-state index in [1.54, 1.807) is 26.4 Å². The molecule has 6 nitrogen and oxygen atoms in total. The molecule has 0 saturated carbocycles. The maximum Gasteiger partial charge on any atom is 0.250 e. The van der Waals surface area contributed by atoms with Gasteiger partial charge in [0.25, 0.3) is 0 Å². The van der Waals surface area contributed by atoms with Crippen molar-refractivity contribution in [3.8, 4) is 28.5 Å². The van der Waals surface area contributed by atoms with Gasteiger partial charge in [0.2, 0.25) is 5.91 Å². The van der Waals surface area contributed by atoms with Gasteiger partial charge in [-0.05, 0) is 48.9 Å². The molecule has 0 unspecified atom stereocenters. The minimum atomic E-state index is -0.265. The highest BCUT2D eigenvalue weighted by Crippen LogP contribution is 2.27. The second-order valence-corrected chi connectivity index (χ2v) is 7.55. The van der Waals surface area contributed by atoms with E-state index in [0.717, 1.165) is 42.0 Å². The fraction of sp³-hybridized carbons (Fsp3) is 0.250. The zero-order valence-corrected chi connectivity index (χ0v) is 18.7. The van der Waals surface area contributed by atoms with Crippen LogP contribution in [0.3, 0.4) is 0 Å². The van der Waals surface area contributed by atoms with Gasteiger partial charge in [-0.1, -0.05) is 13.3 Å². The van der Waals surface area contributed by atoms with E-state index in [0.29, 0.717) is 16.6 Å². The van der Waals surface area contributed by atoms with Crippen LogP contribution in [-0.4, -0.2) is 31.7 Å². The first-order valence-corrected chi connectivity index (χ1v) is 10.9. The van der Waals surface area contributed by atoms with Gasteiger partial charge in [-0.2, -0.15) is 0 Å². The summed E-state index contributed by atoms with van der Waals surface area (Å²) in [4.78, 5) is 16.8. The number of ether oxygens (including phenoxy) is 3. The van der Waals surface area contributed by atoms with Gasteiger partial charge < -0.3 is 14.2 Å². The molecule has 7 heteroatoms. The number of carbonyl (C=O) groups excluding carboxylic acids is 1. The van der Waals surface area contributed by atoms with E-state index in [2.05, 4.69) is 17.2 Å². The molecule has 0 fully saturated rings. The van der Waals surface area contributed by atoms with Gasteiger partial charge in [0.05, 0.1) is 26.5 Å². The monoisotopic (exact) mass is 438 g/mol. The summed E-state index contributed by atoms with van der Waals surface area (Å²) in [7, 11) is 3.17. The highest BCUT2D eigenvalue weighted by Gasteiger charge is 2.08. The average molecular weight is 439 g/mol. The number of anilines is 1. The fourth-order valence-corrected chi connectivity index (χ4v) is 3.51. The van der Waals surface area contributed by atoms with Crippen molar-refractivity contribution < 1.29 is 19.0 Å². The molecule has 3 rings (SSSR count). The summed E-state index contributed by atoms with van der Waals surface area (Å²) in [6.45, 7) is 2.86. The number of aromatic nitrogens is 1. The lowest BCUT2D eigenvalue weighted by Crippen LogP contribution is -2.07. The first kappa shape index (κ1) is 22.4. The van der Waals surface area contributed by atoms with Crippen LogP contribution in [-0.2, 0) is 4.79 Å². The molecule has 0 aliphatic heterocycles. The van der Waals surface area contributed by atoms with Gasteiger partial charge in [-0.15, -0.1) is 11.3 Å². The zero-order chi connectivity index (χ0) is 22.1. The molecule has 1 aromatic heterocycles. The summed E-state index contributed by atoms with van der Waals surface area (Å²) in [6.07, 6.45) is 5.29. The predicted molar refractivity (Wildman–Crippen MR) is 125 cm³/mol. The molecule has 0 spiro atoms. The molecule has 1 N–H and O–H groups in total. The minimum absolute atomic E-state index is 0.265. The van der Waals surface area contributed by atoms with Crippen molar-refractivity contribution in [1.29, 1.82) is 0 Å². The van der Waals surface area contributed by atoms with E-state index in [1.165, 1.54) is 17.4 Å². The van der Waals surface area contributed by atoms with Crippen molar-refractivity contribution in [2.45, 2.75) is 19.8 Å². The van der Waals surface area contributed by atoms with Crippen LogP contribution >= 0.6 is 11.3 Å². The first-order chi connectivity index (χ1) is 15.1.